The minimum Gasteiger partial charge on any atom is -0.330 e. The van der Waals surface area contributed by atoms with Crippen molar-refractivity contribution >= 4 is 0 Å². The lowest BCUT2D eigenvalue weighted by atomic mass is 10.2. The van der Waals surface area contributed by atoms with E-state index in [4.69, 9.17) is 5.73 Å². The number of hydrogen-bond donors (Lipinski definition) is 1. The third-order valence-corrected chi connectivity index (χ3v) is 1.77. The van der Waals surface area contributed by atoms with Crippen molar-refractivity contribution in [1.82, 2.24) is 14.8 Å². The van der Waals surface area contributed by atoms with Crippen LogP contribution in [0.15, 0.2) is 6.33 Å². The summed E-state index contributed by atoms with van der Waals surface area (Å²) in [6, 6.07) is 0. The van der Waals surface area contributed by atoms with Crippen LogP contribution in [0.2, 0.25) is 0 Å². The van der Waals surface area contributed by atoms with Crippen molar-refractivity contribution in [1.29, 1.82) is 0 Å². The summed E-state index contributed by atoms with van der Waals surface area (Å²) < 4.78 is 2.07. The molecule has 0 spiro atoms. The first-order chi connectivity index (χ1) is 5.75. The number of aryl methyl sites for hydroxylation is 1. The van der Waals surface area contributed by atoms with Crippen LogP contribution in [0.5, 0.6) is 0 Å². The Kier molecular flexibility index (Phi) is 3.22. The van der Waals surface area contributed by atoms with Crippen LogP contribution in [0.4, 0.5) is 0 Å². The summed E-state index contributed by atoms with van der Waals surface area (Å²) in [4.78, 5) is 0. The van der Waals surface area contributed by atoms with E-state index in [1.54, 1.807) is 6.33 Å². The molecular formula is C8H16N4. The molecule has 0 bridgehead atoms. The highest BCUT2D eigenvalue weighted by Gasteiger charge is 2.06. The smallest absolute Gasteiger partial charge is 0.135 e. The molecule has 0 aliphatic rings. The molecule has 0 amide bonds. The number of aromatic nitrogens is 3. The predicted molar refractivity (Wildman–Crippen MR) is 47.8 cm³/mol. The molecule has 1 aromatic heterocycles. The molecule has 1 rings (SSSR count). The summed E-state index contributed by atoms with van der Waals surface area (Å²) in [6.45, 7) is 5.87. The molecule has 0 unspecified atom stereocenters. The molecule has 4 heteroatoms. The molecule has 0 aromatic carbocycles. The standard InChI is InChI=1S/C8H16N4/c1-7(2)8-11-10-6-12(8)5-3-4-9/h6-7H,3-5,9H2,1-2H3. The normalized spacial score (nSPS) is 11.0. The van der Waals surface area contributed by atoms with Crippen molar-refractivity contribution in [3.05, 3.63) is 12.2 Å². The van der Waals surface area contributed by atoms with Gasteiger partial charge < -0.3 is 10.3 Å². The Labute approximate surface area is 72.8 Å². The van der Waals surface area contributed by atoms with Gasteiger partial charge in [0.1, 0.15) is 12.2 Å². The van der Waals surface area contributed by atoms with E-state index in [1.165, 1.54) is 0 Å². The van der Waals surface area contributed by atoms with E-state index < -0.39 is 0 Å². The Morgan fingerprint density at radius 3 is 2.92 bits per heavy atom. The lowest BCUT2D eigenvalue weighted by molar-refractivity contribution is 0.594. The summed E-state index contributed by atoms with van der Waals surface area (Å²) in [5.41, 5.74) is 5.42. The monoisotopic (exact) mass is 168 g/mol. The molecule has 0 aliphatic carbocycles. The van der Waals surface area contributed by atoms with Gasteiger partial charge in [0, 0.05) is 12.5 Å². The topological polar surface area (TPSA) is 56.7 Å². The van der Waals surface area contributed by atoms with Crippen LogP contribution in [-0.2, 0) is 6.54 Å². The zero-order valence-corrected chi connectivity index (χ0v) is 7.70. The summed E-state index contributed by atoms with van der Waals surface area (Å²) in [6.07, 6.45) is 2.75. The van der Waals surface area contributed by atoms with Gasteiger partial charge in [0.05, 0.1) is 0 Å². The van der Waals surface area contributed by atoms with Gasteiger partial charge in [-0.15, -0.1) is 10.2 Å². The summed E-state index contributed by atoms with van der Waals surface area (Å²) in [5.74, 6) is 1.48. The van der Waals surface area contributed by atoms with E-state index in [2.05, 4.69) is 28.6 Å². The van der Waals surface area contributed by atoms with Crippen LogP contribution in [0.1, 0.15) is 32.0 Å². The number of nitrogens with two attached hydrogens (primary N) is 1. The van der Waals surface area contributed by atoms with Gasteiger partial charge in [-0.2, -0.15) is 0 Å². The van der Waals surface area contributed by atoms with Gasteiger partial charge in [0.25, 0.3) is 0 Å². The largest absolute Gasteiger partial charge is 0.330 e. The second-order valence-corrected chi connectivity index (χ2v) is 3.18. The highest BCUT2D eigenvalue weighted by atomic mass is 15.3. The molecule has 0 aliphatic heterocycles. The highest BCUT2D eigenvalue weighted by molar-refractivity contribution is 4.91. The average Bonchev–Trinajstić information content (AvgIpc) is 2.48. The first kappa shape index (κ1) is 9.19. The van der Waals surface area contributed by atoms with Crippen LogP contribution in [-0.4, -0.2) is 21.3 Å². The fraction of sp³-hybridized carbons (Fsp3) is 0.750. The lowest BCUT2D eigenvalue weighted by Gasteiger charge is -2.07. The third kappa shape index (κ3) is 2.04. The van der Waals surface area contributed by atoms with Crippen molar-refractivity contribution in [2.45, 2.75) is 32.7 Å². The Morgan fingerprint density at radius 1 is 1.58 bits per heavy atom. The van der Waals surface area contributed by atoms with Crippen LogP contribution < -0.4 is 5.73 Å². The zero-order chi connectivity index (χ0) is 8.97. The molecule has 68 valence electrons. The molecule has 0 fully saturated rings. The van der Waals surface area contributed by atoms with E-state index in [0.29, 0.717) is 5.92 Å². The second-order valence-electron chi connectivity index (χ2n) is 3.18. The van der Waals surface area contributed by atoms with Crippen molar-refractivity contribution < 1.29 is 0 Å². The average molecular weight is 168 g/mol. The Balaban J connectivity index is 2.64. The fourth-order valence-corrected chi connectivity index (χ4v) is 1.14. The minimum atomic E-state index is 0.435. The highest BCUT2D eigenvalue weighted by Crippen LogP contribution is 2.10. The molecular weight excluding hydrogens is 152 g/mol. The maximum atomic E-state index is 5.42. The first-order valence-corrected chi connectivity index (χ1v) is 4.33. The van der Waals surface area contributed by atoms with Crippen molar-refractivity contribution in [2.75, 3.05) is 6.54 Å². The van der Waals surface area contributed by atoms with Crippen LogP contribution in [0.3, 0.4) is 0 Å². The van der Waals surface area contributed by atoms with Gasteiger partial charge in [0.15, 0.2) is 0 Å². The van der Waals surface area contributed by atoms with Crippen LogP contribution in [0, 0.1) is 0 Å². The SMILES string of the molecule is CC(C)c1nncn1CCCN. The lowest BCUT2D eigenvalue weighted by Crippen LogP contribution is -2.08. The summed E-state index contributed by atoms with van der Waals surface area (Å²) >= 11 is 0. The molecule has 0 radical (unpaired) electrons. The van der Waals surface area contributed by atoms with E-state index in [0.717, 1.165) is 25.3 Å². The molecule has 2 N–H and O–H groups in total. The molecule has 1 aromatic rings. The van der Waals surface area contributed by atoms with Crippen LogP contribution in [0.25, 0.3) is 0 Å². The van der Waals surface area contributed by atoms with Gasteiger partial charge in [0.2, 0.25) is 0 Å². The summed E-state index contributed by atoms with van der Waals surface area (Å²) in [5, 5.41) is 7.91. The Bertz CT molecular complexity index is 229. The number of nitrogens with zero attached hydrogens (tertiary/aromatic N) is 3. The molecule has 0 saturated heterocycles. The van der Waals surface area contributed by atoms with Crippen molar-refractivity contribution in [3.63, 3.8) is 0 Å². The molecule has 1 heterocycles. The third-order valence-electron chi connectivity index (χ3n) is 1.77. The van der Waals surface area contributed by atoms with Gasteiger partial charge in [-0.05, 0) is 13.0 Å². The van der Waals surface area contributed by atoms with Crippen molar-refractivity contribution in [3.8, 4) is 0 Å². The maximum absolute atomic E-state index is 5.42. The van der Waals surface area contributed by atoms with Crippen molar-refractivity contribution in [2.24, 2.45) is 5.73 Å². The van der Waals surface area contributed by atoms with Crippen LogP contribution >= 0.6 is 0 Å². The zero-order valence-electron chi connectivity index (χ0n) is 7.70. The van der Waals surface area contributed by atoms with Gasteiger partial charge in [-0.25, -0.2) is 0 Å². The Hall–Kier alpha value is -0.900. The number of rotatable bonds is 4. The molecule has 0 saturated carbocycles. The molecule has 4 nitrogen and oxygen atoms in total. The second kappa shape index (κ2) is 4.21. The van der Waals surface area contributed by atoms with E-state index in [9.17, 15) is 0 Å². The number of hydrogen-bond acceptors (Lipinski definition) is 3. The van der Waals surface area contributed by atoms with Gasteiger partial charge in [-0.3, -0.25) is 0 Å². The van der Waals surface area contributed by atoms with E-state index in [1.807, 2.05) is 0 Å². The van der Waals surface area contributed by atoms with Gasteiger partial charge in [-0.1, -0.05) is 13.8 Å². The fourth-order valence-electron chi connectivity index (χ4n) is 1.14. The first-order valence-electron chi connectivity index (χ1n) is 4.33. The van der Waals surface area contributed by atoms with Gasteiger partial charge >= 0.3 is 0 Å². The predicted octanol–water partition coefficient (Wildman–Crippen LogP) is 0.750. The maximum Gasteiger partial charge on any atom is 0.135 e. The minimum absolute atomic E-state index is 0.435. The molecule has 0 atom stereocenters. The molecule has 12 heavy (non-hydrogen) atoms. The summed E-state index contributed by atoms with van der Waals surface area (Å²) in [7, 11) is 0. The quantitative estimate of drug-likeness (QED) is 0.721. The van der Waals surface area contributed by atoms with E-state index >= 15 is 0 Å². The Morgan fingerprint density at radius 2 is 2.33 bits per heavy atom. The van der Waals surface area contributed by atoms with E-state index in [-0.39, 0.29) is 0 Å².